The van der Waals surface area contributed by atoms with Crippen molar-refractivity contribution in [3.8, 4) is 0 Å². The normalized spacial score (nSPS) is 14.8. The van der Waals surface area contributed by atoms with Gasteiger partial charge in [-0.25, -0.2) is 9.97 Å². The Kier molecular flexibility index (Phi) is 8.57. The quantitative estimate of drug-likeness (QED) is 0.267. The zero-order valence-electron chi connectivity index (χ0n) is 25.6. The zero-order chi connectivity index (χ0) is 35.7. The lowest BCUT2D eigenvalue weighted by molar-refractivity contribution is -0.137. The first-order valence-corrected chi connectivity index (χ1v) is 14.7. The van der Waals surface area contributed by atoms with Crippen molar-refractivity contribution in [2.24, 2.45) is 0 Å². The number of hydrogen-bond donors (Lipinski definition) is 2. The van der Waals surface area contributed by atoms with Crippen LogP contribution >= 0.6 is 0 Å². The SMILES string of the molecule is CCC1=C(C(F)(F)F)c2nc1ccc1[nH]c(c3nc(ccc4[nH]c2c(CC)c4C(F)(F)F)C(CC)=C3C(F)(F)F)c(CC)c1C(F)(F)F. The number of allylic oxidation sites excluding steroid dienone is 4. The third-order valence-electron chi connectivity index (χ3n) is 8.26. The van der Waals surface area contributed by atoms with Gasteiger partial charge in [0, 0.05) is 0 Å². The Morgan fingerprint density at radius 3 is 1.06 bits per heavy atom. The van der Waals surface area contributed by atoms with Crippen LogP contribution in [0.25, 0.3) is 44.4 Å². The Morgan fingerprint density at radius 2 is 0.812 bits per heavy atom. The number of aryl methyl sites for hydroxylation is 2. The average Bonchev–Trinajstić information content (AvgIpc) is 3.71. The van der Waals surface area contributed by atoms with Gasteiger partial charge in [0.2, 0.25) is 0 Å². The molecule has 258 valence electrons. The summed E-state index contributed by atoms with van der Waals surface area (Å²) in [7, 11) is 0. The second-order valence-corrected chi connectivity index (χ2v) is 11.0. The molecule has 0 aromatic carbocycles. The molecule has 2 aliphatic rings. The summed E-state index contributed by atoms with van der Waals surface area (Å²) in [5, 5.41) is 0. The van der Waals surface area contributed by atoms with Crippen molar-refractivity contribution in [3.05, 3.63) is 69.3 Å². The van der Waals surface area contributed by atoms with Gasteiger partial charge in [-0.15, -0.1) is 0 Å². The molecular formula is C32H26F12N4. The van der Waals surface area contributed by atoms with Gasteiger partial charge in [0.15, 0.2) is 0 Å². The van der Waals surface area contributed by atoms with Crippen LogP contribution in [0, 0.1) is 0 Å². The molecule has 16 heteroatoms. The molecule has 0 atom stereocenters. The van der Waals surface area contributed by atoms with Crippen molar-refractivity contribution in [1.29, 1.82) is 0 Å². The second kappa shape index (κ2) is 11.7. The molecule has 0 fully saturated rings. The van der Waals surface area contributed by atoms with Crippen LogP contribution in [0.5, 0.6) is 0 Å². The van der Waals surface area contributed by atoms with E-state index in [1.807, 2.05) is 0 Å². The number of aromatic nitrogens is 4. The van der Waals surface area contributed by atoms with E-state index in [0.717, 1.165) is 24.3 Å². The number of nitrogens with one attached hydrogen (secondary N) is 2. The highest BCUT2D eigenvalue weighted by Gasteiger charge is 2.45. The van der Waals surface area contributed by atoms with E-state index in [1.165, 1.54) is 27.7 Å². The average molecular weight is 695 g/mol. The van der Waals surface area contributed by atoms with Gasteiger partial charge < -0.3 is 9.97 Å². The van der Waals surface area contributed by atoms with E-state index in [0.29, 0.717) is 0 Å². The minimum Gasteiger partial charge on any atom is -0.353 e. The van der Waals surface area contributed by atoms with E-state index in [4.69, 9.17) is 0 Å². The summed E-state index contributed by atoms with van der Waals surface area (Å²) < 4.78 is 175. The fraction of sp³-hybridized carbons (Fsp3) is 0.375. The topological polar surface area (TPSA) is 57.4 Å². The molecule has 4 nitrogen and oxygen atoms in total. The van der Waals surface area contributed by atoms with Gasteiger partial charge in [-0.3, -0.25) is 0 Å². The van der Waals surface area contributed by atoms with Gasteiger partial charge in [0.1, 0.15) is 11.4 Å². The predicted octanol–water partition coefficient (Wildman–Crippen LogP) is 11.2. The Labute approximate surface area is 264 Å². The van der Waals surface area contributed by atoms with Gasteiger partial charge in [-0.1, -0.05) is 27.7 Å². The number of halogens is 12. The third-order valence-corrected chi connectivity index (χ3v) is 8.26. The molecule has 2 aliphatic heterocycles. The summed E-state index contributed by atoms with van der Waals surface area (Å²) in [4.78, 5) is 12.8. The molecule has 0 aliphatic carbocycles. The molecule has 0 unspecified atom stereocenters. The van der Waals surface area contributed by atoms with Gasteiger partial charge in [0.25, 0.3) is 0 Å². The maximum atomic E-state index is 14.6. The number of aromatic amines is 2. The van der Waals surface area contributed by atoms with Crippen molar-refractivity contribution in [1.82, 2.24) is 19.9 Å². The summed E-state index contributed by atoms with van der Waals surface area (Å²) >= 11 is 0. The molecule has 3 aromatic heterocycles. The number of H-pyrrole nitrogens is 2. The van der Waals surface area contributed by atoms with Crippen LogP contribution in [0.3, 0.4) is 0 Å². The Bertz CT molecular complexity index is 1870. The van der Waals surface area contributed by atoms with E-state index in [-0.39, 0.29) is 12.8 Å². The molecule has 5 rings (SSSR count). The highest BCUT2D eigenvalue weighted by atomic mass is 19.4. The lowest BCUT2D eigenvalue weighted by atomic mass is 9.99. The van der Waals surface area contributed by atoms with Crippen molar-refractivity contribution in [2.75, 3.05) is 0 Å². The number of fused-ring (bicyclic) bond motifs is 10. The van der Waals surface area contributed by atoms with Crippen LogP contribution in [-0.2, 0) is 25.2 Å². The number of hydrogen-bond acceptors (Lipinski definition) is 2. The molecule has 2 N–H and O–H groups in total. The van der Waals surface area contributed by atoms with Crippen LogP contribution in [0.2, 0.25) is 0 Å². The van der Waals surface area contributed by atoms with Gasteiger partial charge in [-0.05, 0) is 72.2 Å². The predicted molar refractivity (Wildman–Crippen MR) is 156 cm³/mol. The molecule has 0 radical (unpaired) electrons. The first kappa shape index (κ1) is 35.1. The molecule has 0 saturated heterocycles. The smallest absolute Gasteiger partial charge is 0.353 e. The maximum Gasteiger partial charge on any atom is 0.418 e. The van der Waals surface area contributed by atoms with Crippen molar-refractivity contribution < 1.29 is 52.7 Å². The van der Waals surface area contributed by atoms with Crippen molar-refractivity contribution in [3.63, 3.8) is 0 Å². The van der Waals surface area contributed by atoms with Gasteiger partial charge >= 0.3 is 24.7 Å². The van der Waals surface area contributed by atoms with Crippen LogP contribution in [-0.4, -0.2) is 32.3 Å². The maximum absolute atomic E-state index is 14.6. The van der Waals surface area contributed by atoms with E-state index >= 15 is 0 Å². The van der Waals surface area contributed by atoms with E-state index in [1.54, 1.807) is 0 Å². The second-order valence-electron chi connectivity index (χ2n) is 11.0. The summed E-state index contributed by atoms with van der Waals surface area (Å²) in [6.45, 7) is 5.17. The largest absolute Gasteiger partial charge is 0.418 e. The van der Waals surface area contributed by atoms with Crippen LogP contribution in [0.1, 0.15) is 85.6 Å². The fourth-order valence-corrected chi connectivity index (χ4v) is 6.45. The molecular weight excluding hydrogens is 668 g/mol. The van der Waals surface area contributed by atoms with E-state index in [9.17, 15) is 52.7 Å². The van der Waals surface area contributed by atoms with E-state index in [2.05, 4.69) is 19.9 Å². The summed E-state index contributed by atoms with van der Waals surface area (Å²) in [5.74, 6) is 0. The Balaban J connectivity index is 2.14. The molecule has 5 heterocycles. The molecule has 3 aromatic rings. The Morgan fingerprint density at radius 1 is 0.479 bits per heavy atom. The van der Waals surface area contributed by atoms with Crippen LogP contribution in [0.4, 0.5) is 52.7 Å². The summed E-state index contributed by atoms with van der Waals surface area (Å²) in [5.41, 5.74) is -13.1. The number of nitrogens with zero attached hydrogens (tertiary/aromatic N) is 2. The van der Waals surface area contributed by atoms with Crippen LogP contribution in [0.15, 0.2) is 24.3 Å². The van der Waals surface area contributed by atoms with E-state index < -0.39 is 127 Å². The molecule has 48 heavy (non-hydrogen) atoms. The highest BCUT2D eigenvalue weighted by Crippen LogP contribution is 2.49. The number of rotatable bonds is 4. The monoisotopic (exact) mass is 694 g/mol. The van der Waals surface area contributed by atoms with Crippen molar-refractivity contribution in [2.45, 2.75) is 78.1 Å². The van der Waals surface area contributed by atoms with Crippen LogP contribution < -0.4 is 0 Å². The standard InChI is InChI=1S/C32H26F12N4/c1-5-13-17-9-11-19-22(30(36,37)38)16(8-4)26(48-19)28-24(32(42,43)44)14(6-2)18(46-28)10-12-20-21(29(33,34)35)15(7-3)25(47-20)27(45-17)23(13)31(39,40)41/h9-12,47-48H,5-8H2,1-4H3. The zero-order valence-corrected chi connectivity index (χ0v) is 25.6. The van der Waals surface area contributed by atoms with Gasteiger partial charge in [-0.2, -0.15) is 52.7 Å². The molecule has 0 saturated carbocycles. The highest BCUT2D eigenvalue weighted by molar-refractivity contribution is 6.01. The minimum absolute atomic E-state index is 0.362. The Hall–Kier alpha value is -4.24. The first-order chi connectivity index (χ1) is 22.2. The number of alkyl halides is 12. The first-order valence-electron chi connectivity index (χ1n) is 14.7. The summed E-state index contributed by atoms with van der Waals surface area (Å²) in [6.07, 6.45) is -22.1. The fourth-order valence-electron chi connectivity index (χ4n) is 6.45. The molecule has 0 spiro atoms. The molecule has 0 amide bonds. The minimum atomic E-state index is -5.14. The molecule has 8 bridgehead atoms. The lowest BCUT2D eigenvalue weighted by Crippen LogP contribution is -2.12. The third kappa shape index (κ3) is 5.76. The lowest BCUT2D eigenvalue weighted by Gasteiger charge is -2.12. The van der Waals surface area contributed by atoms with Gasteiger partial charge in [0.05, 0.1) is 55.7 Å². The summed E-state index contributed by atoms with van der Waals surface area (Å²) in [6, 6.07) is 3.17. The van der Waals surface area contributed by atoms with Crippen molar-refractivity contribution >= 4 is 44.4 Å².